The third kappa shape index (κ3) is 3.80. The summed E-state index contributed by atoms with van der Waals surface area (Å²) in [6.07, 6.45) is 10.8. The monoisotopic (exact) mass is 626 g/mol. The zero-order valence-electron chi connectivity index (χ0n) is 25.8. The van der Waals surface area contributed by atoms with Crippen LogP contribution < -0.4 is 0 Å². The lowest BCUT2D eigenvalue weighted by atomic mass is 10.1. The maximum atomic E-state index is 9.84. The Morgan fingerprint density at radius 2 is 0.633 bits per heavy atom. The molecule has 10 rings (SSSR count). The number of hydrogen-bond acceptors (Lipinski definition) is 5. The van der Waals surface area contributed by atoms with Gasteiger partial charge in [-0.05, 0) is 97.1 Å². The molecule has 0 unspecified atom stereocenters. The van der Waals surface area contributed by atoms with E-state index in [0.717, 1.165) is 82.5 Å². The number of benzene rings is 4. The highest BCUT2D eigenvalue weighted by molar-refractivity contribution is 6.23. The maximum absolute atomic E-state index is 9.84. The predicted molar refractivity (Wildman–Crippen MR) is 192 cm³/mol. The number of nitriles is 2. The molecule has 0 aliphatic carbocycles. The van der Waals surface area contributed by atoms with E-state index in [1.807, 2.05) is 85.2 Å². The van der Waals surface area contributed by atoms with Gasteiger partial charge in [0.2, 0.25) is 0 Å². The van der Waals surface area contributed by atoms with Crippen molar-refractivity contribution in [3.63, 3.8) is 0 Å². The van der Waals surface area contributed by atoms with Gasteiger partial charge in [-0.15, -0.1) is 0 Å². The molecule has 49 heavy (non-hydrogen) atoms. The smallest absolute Gasteiger partial charge is 0.0991 e. The van der Waals surface area contributed by atoms with Crippen molar-refractivity contribution in [1.29, 1.82) is 10.5 Å². The average Bonchev–Trinajstić information content (AvgIpc) is 3.77. The van der Waals surface area contributed by atoms with Gasteiger partial charge < -0.3 is 13.7 Å². The molecule has 226 valence electrons. The van der Waals surface area contributed by atoms with Gasteiger partial charge in [-0.2, -0.15) is 10.5 Å². The summed E-state index contributed by atoms with van der Waals surface area (Å²) in [4.78, 5) is 12.9. The zero-order chi connectivity index (χ0) is 32.6. The average molecular weight is 627 g/mol. The van der Waals surface area contributed by atoms with Crippen LogP contribution in [-0.4, -0.2) is 28.7 Å². The molecule has 4 aromatic carbocycles. The molecule has 0 aliphatic rings. The Morgan fingerprint density at radius 3 is 0.939 bits per heavy atom. The van der Waals surface area contributed by atoms with E-state index in [1.165, 1.54) is 0 Å². The van der Waals surface area contributed by atoms with Crippen molar-refractivity contribution < 1.29 is 0 Å². The summed E-state index contributed by atoms with van der Waals surface area (Å²) in [5.41, 5.74) is 10.4. The Kier molecular flexibility index (Phi) is 5.54. The molecule has 8 nitrogen and oxygen atoms in total. The summed E-state index contributed by atoms with van der Waals surface area (Å²) in [6, 6.07) is 37.5. The first kappa shape index (κ1) is 26.9. The minimum absolute atomic E-state index is 0.610. The highest BCUT2D eigenvalue weighted by atomic mass is 15.0. The van der Waals surface area contributed by atoms with Crippen molar-refractivity contribution in [2.45, 2.75) is 0 Å². The summed E-state index contributed by atoms with van der Waals surface area (Å²) in [5.74, 6) is 0. The third-order valence-corrected chi connectivity index (χ3v) is 9.56. The van der Waals surface area contributed by atoms with Crippen molar-refractivity contribution in [3.8, 4) is 29.2 Å². The van der Waals surface area contributed by atoms with Gasteiger partial charge in [0.1, 0.15) is 0 Å². The Labute approximate surface area is 278 Å². The minimum Gasteiger partial charge on any atom is -0.309 e. The van der Waals surface area contributed by atoms with E-state index in [1.54, 1.807) is 24.8 Å². The quantitative estimate of drug-likeness (QED) is 0.195. The molecule has 0 N–H and O–H groups in total. The number of nitrogens with zero attached hydrogens (tertiary/aromatic N) is 8. The highest BCUT2D eigenvalue weighted by Crippen LogP contribution is 2.43. The standard InChI is InChI=1S/C41H22N8/c42-23-25-1-3-36-30(17-25)32-19-40-34(21-38(32)47(36)27-5-11-44-12-6-27)35-22-39-33(20-41(35)49(40)29-9-15-46-16-10-29)31-18-26(24-43)2-4-37(31)48(39)28-7-13-45-14-8-28/h1-22H. The van der Waals surface area contributed by atoms with E-state index in [-0.39, 0.29) is 0 Å². The van der Waals surface area contributed by atoms with Gasteiger partial charge in [0, 0.05) is 86.6 Å². The van der Waals surface area contributed by atoms with Crippen molar-refractivity contribution in [3.05, 3.63) is 145 Å². The SMILES string of the molecule is N#Cc1ccc2c(c1)c1cc3c(cc1n2-c1ccncc1)c1cc2c(cc1n3-c1ccncc1)c1cc(C#N)ccc1n2-c1ccncc1. The summed E-state index contributed by atoms with van der Waals surface area (Å²) in [5, 5.41) is 26.0. The van der Waals surface area contributed by atoms with Crippen LogP contribution in [0.15, 0.2) is 134 Å². The van der Waals surface area contributed by atoms with Gasteiger partial charge in [-0.3, -0.25) is 15.0 Å². The Morgan fingerprint density at radius 1 is 0.347 bits per heavy atom. The molecular formula is C41H22N8. The molecule has 0 saturated carbocycles. The Hall–Kier alpha value is -7.29. The van der Waals surface area contributed by atoms with Crippen LogP contribution in [0.4, 0.5) is 0 Å². The number of fused-ring (bicyclic) bond motifs is 9. The summed E-state index contributed by atoms with van der Waals surface area (Å²) >= 11 is 0. The van der Waals surface area contributed by atoms with Gasteiger partial charge in [-0.25, -0.2) is 0 Å². The first-order valence-corrected chi connectivity index (χ1v) is 15.8. The van der Waals surface area contributed by atoms with E-state index in [2.05, 4.69) is 65.1 Å². The molecular weight excluding hydrogens is 605 g/mol. The normalized spacial score (nSPS) is 11.6. The molecule has 0 spiro atoms. The van der Waals surface area contributed by atoms with Crippen LogP contribution >= 0.6 is 0 Å². The number of rotatable bonds is 3. The van der Waals surface area contributed by atoms with Crippen LogP contribution in [0.5, 0.6) is 0 Å². The topological polar surface area (TPSA) is 101 Å². The fourth-order valence-electron chi connectivity index (χ4n) is 7.49. The molecule has 0 amide bonds. The lowest BCUT2D eigenvalue weighted by Gasteiger charge is -2.09. The van der Waals surface area contributed by atoms with Crippen molar-refractivity contribution in [2.75, 3.05) is 0 Å². The predicted octanol–water partition coefficient (Wildman–Crippen LogP) is 8.91. The molecule has 6 aromatic heterocycles. The Bertz CT molecular complexity index is 2860. The second kappa shape index (κ2) is 10.1. The van der Waals surface area contributed by atoms with E-state index in [0.29, 0.717) is 11.1 Å². The number of hydrogen-bond donors (Lipinski definition) is 0. The molecule has 0 saturated heterocycles. The van der Waals surface area contributed by atoms with E-state index < -0.39 is 0 Å². The lowest BCUT2D eigenvalue weighted by Crippen LogP contribution is -1.95. The second-order valence-electron chi connectivity index (χ2n) is 12.1. The van der Waals surface area contributed by atoms with Crippen LogP contribution in [0.3, 0.4) is 0 Å². The molecule has 0 bridgehead atoms. The number of aromatic nitrogens is 6. The van der Waals surface area contributed by atoms with Gasteiger partial charge in [-0.1, -0.05) is 0 Å². The molecule has 0 radical (unpaired) electrons. The summed E-state index contributed by atoms with van der Waals surface area (Å²) in [6.45, 7) is 0. The van der Waals surface area contributed by atoms with Gasteiger partial charge in [0.15, 0.2) is 0 Å². The van der Waals surface area contributed by atoms with Crippen molar-refractivity contribution in [2.24, 2.45) is 0 Å². The van der Waals surface area contributed by atoms with Crippen LogP contribution in [0.1, 0.15) is 11.1 Å². The second-order valence-corrected chi connectivity index (χ2v) is 12.1. The van der Waals surface area contributed by atoms with E-state index >= 15 is 0 Å². The molecule has 0 fully saturated rings. The molecule has 8 heteroatoms. The molecule has 0 aliphatic heterocycles. The maximum Gasteiger partial charge on any atom is 0.0991 e. The van der Waals surface area contributed by atoms with Crippen LogP contribution in [0, 0.1) is 22.7 Å². The van der Waals surface area contributed by atoms with Crippen LogP contribution in [0.2, 0.25) is 0 Å². The third-order valence-electron chi connectivity index (χ3n) is 9.56. The summed E-state index contributed by atoms with van der Waals surface area (Å²) in [7, 11) is 0. The molecule has 10 aromatic rings. The minimum atomic E-state index is 0.610. The fraction of sp³-hybridized carbons (Fsp3) is 0. The van der Waals surface area contributed by atoms with Crippen molar-refractivity contribution in [1.82, 2.24) is 28.7 Å². The van der Waals surface area contributed by atoms with Crippen LogP contribution in [-0.2, 0) is 0 Å². The first-order valence-electron chi connectivity index (χ1n) is 15.8. The molecule has 0 atom stereocenters. The first-order chi connectivity index (χ1) is 24.2. The van der Waals surface area contributed by atoms with Crippen LogP contribution in [0.25, 0.3) is 82.5 Å². The highest BCUT2D eigenvalue weighted by Gasteiger charge is 2.22. The van der Waals surface area contributed by atoms with Gasteiger partial charge in [0.25, 0.3) is 0 Å². The molecule has 6 heterocycles. The zero-order valence-corrected chi connectivity index (χ0v) is 25.8. The number of pyridine rings is 3. The van der Waals surface area contributed by atoms with Crippen molar-refractivity contribution >= 4 is 65.4 Å². The Balaban J connectivity index is 1.42. The lowest BCUT2D eigenvalue weighted by molar-refractivity contribution is 1.15. The van der Waals surface area contributed by atoms with Gasteiger partial charge in [0.05, 0.1) is 56.4 Å². The fourth-order valence-corrected chi connectivity index (χ4v) is 7.49. The largest absolute Gasteiger partial charge is 0.309 e. The summed E-state index contributed by atoms with van der Waals surface area (Å²) < 4.78 is 6.79. The van der Waals surface area contributed by atoms with E-state index in [9.17, 15) is 10.5 Å². The van der Waals surface area contributed by atoms with E-state index in [4.69, 9.17) is 0 Å². The van der Waals surface area contributed by atoms with Gasteiger partial charge >= 0.3 is 0 Å².